The molecule has 0 saturated carbocycles. The number of nitrogens with zero attached hydrogens (tertiary/aromatic N) is 3. The number of unbranched alkanes of at least 4 members (excludes halogenated alkanes) is 3. The van der Waals surface area contributed by atoms with Crippen LogP contribution in [0.5, 0.6) is 0 Å². The van der Waals surface area contributed by atoms with Gasteiger partial charge in [-0.15, -0.1) is 0 Å². The Morgan fingerprint density at radius 1 is 0.921 bits per heavy atom. The molecule has 1 atom stereocenters. The van der Waals surface area contributed by atoms with Crippen molar-refractivity contribution in [1.29, 1.82) is 0 Å². The molecule has 3 aromatic carbocycles. The molecule has 1 aromatic heterocycles. The predicted octanol–water partition coefficient (Wildman–Crippen LogP) is 7.73. The second-order valence-corrected chi connectivity index (χ2v) is 10.5. The molecule has 1 unspecified atom stereocenters. The zero-order valence-electron chi connectivity index (χ0n) is 21.7. The molecule has 1 amide bonds. The molecule has 0 bridgehead atoms. The Kier molecular flexibility index (Phi) is 6.54. The number of benzene rings is 3. The summed E-state index contributed by atoms with van der Waals surface area (Å²) in [4.78, 5) is 16.4. The summed E-state index contributed by atoms with van der Waals surface area (Å²) in [7, 11) is 0. The highest BCUT2D eigenvalue weighted by molar-refractivity contribution is 6.30. The van der Waals surface area contributed by atoms with Gasteiger partial charge in [0, 0.05) is 28.7 Å². The van der Waals surface area contributed by atoms with E-state index in [-0.39, 0.29) is 11.8 Å². The zero-order valence-corrected chi connectivity index (χ0v) is 22.5. The van der Waals surface area contributed by atoms with E-state index in [2.05, 4.69) is 30.4 Å². The topological polar surface area (TPSA) is 50.2 Å². The van der Waals surface area contributed by atoms with Crippen LogP contribution in [0.1, 0.15) is 60.9 Å². The first-order valence-corrected chi connectivity index (χ1v) is 13.8. The minimum atomic E-state index is -0.218. The summed E-state index contributed by atoms with van der Waals surface area (Å²) in [5, 5.41) is 9.29. The fourth-order valence-corrected chi connectivity index (χ4v) is 5.90. The third kappa shape index (κ3) is 4.11. The molecule has 0 aliphatic carbocycles. The van der Waals surface area contributed by atoms with Crippen molar-refractivity contribution in [1.82, 2.24) is 9.78 Å². The molecule has 0 radical (unpaired) electrons. The second kappa shape index (κ2) is 10.1. The number of anilines is 2. The largest absolute Gasteiger partial charge is 0.339 e. The maximum Gasteiger partial charge on any atom is 0.257 e. The Bertz CT molecular complexity index is 1520. The Balaban J connectivity index is 1.58. The van der Waals surface area contributed by atoms with Crippen LogP contribution in [0.3, 0.4) is 0 Å². The summed E-state index contributed by atoms with van der Waals surface area (Å²) in [5.74, 6) is 0.733. The van der Waals surface area contributed by atoms with Crippen LogP contribution in [0.4, 0.5) is 11.5 Å². The van der Waals surface area contributed by atoms with E-state index >= 15 is 0 Å². The number of rotatable bonds is 7. The lowest BCUT2D eigenvalue weighted by Crippen LogP contribution is -2.42. The van der Waals surface area contributed by atoms with Gasteiger partial charge in [-0.05, 0) is 54.8 Å². The fraction of sp³-hybridized carbons (Fsp3) is 0.250. The average molecular weight is 523 g/mol. The van der Waals surface area contributed by atoms with E-state index in [1.165, 1.54) is 6.42 Å². The van der Waals surface area contributed by atoms with Gasteiger partial charge in [0.2, 0.25) is 0 Å². The summed E-state index contributed by atoms with van der Waals surface area (Å²) < 4.78 is 1.96. The van der Waals surface area contributed by atoms with E-state index in [1.807, 2.05) is 77.2 Å². The first-order chi connectivity index (χ1) is 18.6. The number of aromatic nitrogens is 2. The maximum absolute atomic E-state index is 14.4. The van der Waals surface area contributed by atoms with Crippen LogP contribution in [-0.2, 0) is 4.79 Å². The number of amides is 1. The van der Waals surface area contributed by atoms with Crippen molar-refractivity contribution in [3.8, 4) is 5.69 Å². The van der Waals surface area contributed by atoms with Crippen LogP contribution in [0.2, 0.25) is 5.02 Å². The Morgan fingerprint density at radius 3 is 2.42 bits per heavy atom. The molecule has 3 heterocycles. The van der Waals surface area contributed by atoms with Gasteiger partial charge in [0.05, 0.1) is 22.7 Å². The van der Waals surface area contributed by atoms with E-state index < -0.39 is 0 Å². The fourth-order valence-electron chi connectivity index (χ4n) is 5.77. The van der Waals surface area contributed by atoms with Crippen molar-refractivity contribution in [2.75, 3.05) is 16.8 Å². The summed E-state index contributed by atoms with van der Waals surface area (Å²) in [6.45, 7) is 4.95. The molecular formula is C32H31ClN4O. The normalized spacial score (nSPS) is 16.1. The molecule has 6 heteroatoms. The molecule has 2 aliphatic rings. The van der Waals surface area contributed by atoms with Crippen molar-refractivity contribution in [3.05, 3.63) is 112 Å². The van der Waals surface area contributed by atoms with Crippen LogP contribution < -0.4 is 10.2 Å². The number of aryl methyl sites for hydroxylation is 1. The molecule has 38 heavy (non-hydrogen) atoms. The van der Waals surface area contributed by atoms with Gasteiger partial charge < -0.3 is 10.2 Å². The van der Waals surface area contributed by atoms with Crippen molar-refractivity contribution >= 4 is 34.7 Å². The van der Waals surface area contributed by atoms with Gasteiger partial charge in [-0.1, -0.05) is 86.3 Å². The number of carbonyl (C=O) groups excluding carboxylic acids is 1. The minimum Gasteiger partial charge on any atom is -0.339 e. The molecule has 5 nitrogen and oxygen atoms in total. The van der Waals surface area contributed by atoms with E-state index in [0.29, 0.717) is 11.6 Å². The molecule has 6 rings (SSSR count). The predicted molar refractivity (Wildman–Crippen MR) is 155 cm³/mol. The van der Waals surface area contributed by atoms with Gasteiger partial charge in [0.25, 0.3) is 5.91 Å². The van der Waals surface area contributed by atoms with Gasteiger partial charge in [-0.2, -0.15) is 5.10 Å². The number of fused-ring (bicyclic) bond motifs is 5. The molecule has 4 aromatic rings. The van der Waals surface area contributed by atoms with Crippen molar-refractivity contribution < 1.29 is 4.79 Å². The quantitative estimate of drug-likeness (QED) is 0.253. The van der Waals surface area contributed by atoms with Gasteiger partial charge in [0.1, 0.15) is 5.82 Å². The van der Waals surface area contributed by atoms with Gasteiger partial charge >= 0.3 is 0 Å². The highest BCUT2D eigenvalue weighted by Gasteiger charge is 2.44. The zero-order chi connectivity index (χ0) is 26.2. The molecular weight excluding hydrogens is 492 g/mol. The summed E-state index contributed by atoms with van der Waals surface area (Å²) in [6.07, 6.45) is 4.43. The monoisotopic (exact) mass is 522 g/mol. The molecule has 192 valence electrons. The minimum absolute atomic E-state index is 0.0557. The maximum atomic E-state index is 14.4. The first kappa shape index (κ1) is 24.5. The van der Waals surface area contributed by atoms with E-state index in [0.717, 1.165) is 70.1 Å². The lowest BCUT2D eigenvalue weighted by molar-refractivity contribution is -0.115. The highest BCUT2D eigenvalue weighted by atomic mass is 35.5. The third-order valence-electron chi connectivity index (χ3n) is 7.58. The van der Waals surface area contributed by atoms with Gasteiger partial charge in [-0.25, -0.2) is 4.68 Å². The lowest BCUT2D eigenvalue weighted by Gasteiger charge is -2.40. The first-order valence-electron chi connectivity index (χ1n) is 13.4. The van der Waals surface area contributed by atoms with Crippen LogP contribution in [0.25, 0.3) is 11.4 Å². The van der Waals surface area contributed by atoms with E-state index in [1.54, 1.807) is 0 Å². The SMILES string of the molecule is CCCCCCN1C(=O)C2=C(c3ccc(Cl)cc3)Nc3c(c(C)nn3-c3ccccc3)C2c2ccccc21. The summed E-state index contributed by atoms with van der Waals surface area (Å²) in [6, 6.07) is 26.2. The van der Waals surface area contributed by atoms with Gasteiger partial charge in [0.15, 0.2) is 0 Å². The van der Waals surface area contributed by atoms with Crippen molar-refractivity contribution in [3.63, 3.8) is 0 Å². The van der Waals surface area contributed by atoms with Crippen LogP contribution >= 0.6 is 11.6 Å². The molecule has 0 saturated heterocycles. The smallest absolute Gasteiger partial charge is 0.257 e. The number of hydrogen-bond acceptors (Lipinski definition) is 3. The summed E-state index contributed by atoms with van der Waals surface area (Å²) in [5.41, 5.74) is 7.58. The Labute approximate surface area is 228 Å². The highest BCUT2D eigenvalue weighted by Crippen LogP contribution is 2.52. The number of carbonyl (C=O) groups is 1. The Hall–Kier alpha value is -3.83. The Morgan fingerprint density at radius 2 is 1.66 bits per heavy atom. The van der Waals surface area contributed by atoms with Crippen LogP contribution in [-0.4, -0.2) is 22.2 Å². The molecule has 0 fully saturated rings. The molecule has 0 spiro atoms. The van der Waals surface area contributed by atoms with Crippen molar-refractivity contribution in [2.45, 2.75) is 45.4 Å². The summed E-state index contributed by atoms with van der Waals surface area (Å²) >= 11 is 6.25. The lowest BCUT2D eigenvalue weighted by atomic mass is 9.76. The van der Waals surface area contributed by atoms with E-state index in [9.17, 15) is 4.79 Å². The second-order valence-electron chi connectivity index (χ2n) is 10.0. The number of para-hydroxylation sites is 2. The number of nitrogens with one attached hydrogen (secondary N) is 1. The standard InChI is InChI=1S/C32H31ClN4O/c1-3-4-5-11-20-36-26-15-10-9-14-25(26)28-27-21(2)35-37(24-12-7-6-8-13-24)31(27)34-30(29(28)32(36)38)22-16-18-23(33)19-17-22/h6-10,12-19,28,34H,3-5,11,20H2,1-2H3. The number of hydrogen-bond donors (Lipinski definition) is 1. The van der Waals surface area contributed by atoms with Crippen LogP contribution in [0, 0.1) is 6.92 Å². The molecule has 2 aliphatic heterocycles. The van der Waals surface area contributed by atoms with Crippen molar-refractivity contribution in [2.24, 2.45) is 0 Å². The average Bonchev–Trinajstić information content (AvgIpc) is 3.28. The third-order valence-corrected chi connectivity index (χ3v) is 7.83. The van der Waals surface area contributed by atoms with E-state index in [4.69, 9.17) is 16.7 Å². The number of halogens is 1. The molecule has 1 N–H and O–H groups in total. The van der Waals surface area contributed by atoms with Gasteiger partial charge in [-0.3, -0.25) is 4.79 Å². The van der Waals surface area contributed by atoms with Crippen LogP contribution in [0.15, 0.2) is 84.4 Å².